The van der Waals surface area contributed by atoms with E-state index in [9.17, 15) is 4.79 Å². The molecule has 0 radical (unpaired) electrons. The average molecular weight is 353 g/mol. The third-order valence-corrected chi connectivity index (χ3v) is 5.57. The van der Waals surface area contributed by atoms with Gasteiger partial charge in [-0.2, -0.15) is 0 Å². The maximum atomic E-state index is 13.3. The van der Waals surface area contributed by atoms with Crippen molar-refractivity contribution < 1.29 is 9.53 Å². The highest BCUT2D eigenvalue weighted by Gasteiger charge is 2.30. The maximum absolute atomic E-state index is 13.3. The molecule has 1 aliphatic carbocycles. The Morgan fingerprint density at radius 2 is 2.00 bits per heavy atom. The molecule has 5 nitrogen and oxygen atoms in total. The van der Waals surface area contributed by atoms with Crippen molar-refractivity contribution >= 4 is 5.91 Å². The Morgan fingerprint density at radius 1 is 1.19 bits per heavy atom. The van der Waals surface area contributed by atoms with Crippen molar-refractivity contribution in [2.45, 2.75) is 45.1 Å². The van der Waals surface area contributed by atoms with E-state index in [1.165, 1.54) is 19.3 Å². The largest absolute Gasteiger partial charge is 0.376 e. The number of aromatic amines is 1. The van der Waals surface area contributed by atoms with Gasteiger partial charge in [-0.25, -0.2) is 4.98 Å². The SMILES string of the molecule is Cc1[nH]c(-c2ccccc2)nc1C(=O)N(CC1CCC1)CC1CCCO1. The summed E-state index contributed by atoms with van der Waals surface area (Å²) in [5.74, 6) is 1.42. The van der Waals surface area contributed by atoms with Crippen molar-refractivity contribution in [3.63, 3.8) is 0 Å². The van der Waals surface area contributed by atoms with Gasteiger partial charge >= 0.3 is 0 Å². The Balaban J connectivity index is 1.55. The number of carbonyl (C=O) groups excluding carboxylic acids is 1. The highest BCUT2D eigenvalue weighted by molar-refractivity contribution is 5.94. The Hall–Kier alpha value is -2.14. The molecule has 1 aliphatic heterocycles. The Morgan fingerprint density at radius 3 is 2.65 bits per heavy atom. The first-order chi connectivity index (χ1) is 12.7. The summed E-state index contributed by atoms with van der Waals surface area (Å²) in [6.07, 6.45) is 6.05. The molecule has 138 valence electrons. The van der Waals surface area contributed by atoms with E-state index in [0.29, 0.717) is 18.2 Å². The van der Waals surface area contributed by atoms with Gasteiger partial charge in [-0.05, 0) is 38.5 Å². The Kier molecular flexibility index (Phi) is 5.07. The van der Waals surface area contributed by atoms with Gasteiger partial charge in [-0.15, -0.1) is 0 Å². The first-order valence-corrected chi connectivity index (χ1v) is 9.73. The highest BCUT2D eigenvalue weighted by Crippen LogP contribution is 2.29. The number of hydrogen-bond donors (Lipinski definition) is 1. The fourth-order valence-corrected chi connectivity index (χ4v) is 3.81. The van der Waals surface area contributed by atoms with Crippen LogP contribution in [0, 0.1) is 12.8 Å². The molecule has 1 unspecified atom stereocenters. The van der Waals surface area contributed by atoms with E-state index < -0.39 is 0 Å². The number of nitrogens with zero attached hydrogens (tertiary/aromatic N) is 2. The normalized spacial score (nSPS) is 20.1. The molecule has 1 aromatic carbocycles. The van der Waals surface area contributed by atoms with Gasteiger partial charge in [0.25, 0.3) is 5.91 Å². The molecule has 1 saturated carbocycles. The summed E-state index contributed by atoms with van der Waals surface area (Å²) in [5.41, 5.74) is 2.38. The van der Waals surface area contributed by atoms with E-state index in [-0.39, 0.29) is 12.0 Å². The molecule has 0 bridgehead atoms. The number of benzene rings is 1. The number of aromatic nitrogens is 2. The molecule has 2 aromatic rings. The first-order valence-electron chi connectivity index (χ1n) is 9.73. The lowest BCUT2D eigenvalue weighted by molar-refractivity contribution is 0.0443. The number of nitrogens with one attached hydrogen (secondary N) is 1. The minimum absolute atomic E-state index is 0.0309. The van der Waals surface area contributed by atoms with Crippen molar-refractivity contribution in [1.82, 2.24) is 14.9 Å². The third kappa shape index (κ3) is 3.68. The summed E-state index contributed by atoms with van der Waals surface area (Å²) in [6.45, 7) is 4.25. The maximum Gasteiger partial charge on any atom is 0.274 e. The lowest BCUT2D eigenvalue weighted by Gasteiger charge is -2.33. The molecule has 2 aliphatic rings. The van der Waals surface area contributed by atoms with Gasteiger partial charge in [0.15, 0.2) is 0 Å². The number of carbonyl (C=O) groups is 1. The van der Waals surface area contributed by atoms with Crippen LogP contribution in [0.2, 0.25) is 0 Å². The second-order valence-electron chi connectivity index (χ2n) is 7.57. The van der Waals surface area contributed by atoms with E-state index in [2.05, 4.69) is 9.97 Å². The predicted octanol–water partition coefficient (Wildman–Crippen LogP) is 3.81. The van der Waals surface area contributed by atoms with Gasteiger partial charge < -0.3 is 14.6 Å². The Labute approximate surface area is 154 Å². The zero-order valence-corrected chi connectivity index (χ0v) is 15.4. The van der Waals surface area contributed by atoms with Crippen LogP contribution in [-0.4, -0.2) is 46.6 Å². The minimum atomic E-state index is 0.0309. The molecule has 0 spiro atoms. The van der Waals surface area contributed by atoms with Crippen molar-refractivity contribution in [3.8, 4) is 11.4 Å². The molecule has 4 rings (SSSR count). The van der Waals surface area contributed by atoms with E-state index in [1.807, 2.05) is 42.2 Å². The number of ether oxygens (including phenoxy) is 1. The van der Waals surface area contributed by atoms with Crippen molar-refractivity contribution in [1.29, 1.82) is 0 Å². The van der Waals surface area contributed by atoms with E-state index >= 15 is 0 Å². The van der Waals surface area contributed by atoms with Gasteiger partial charge in [0.1, 0.15) is 11.5 Å². The summed E-state index contributed by atoms with van der Waals surface area (Å²) < 4.78 is 5.79. The van der Waals surface area contributed by atoms with Gasteiger partial charge in [-0.1, -0.05) is 36.8 Å². The standard InChI is InChI=1S/C21H27N3O2/c1-15-19(23-20(22-15)17-9-3-2-4-10-17)21(25)24(13-16-7-5-8-16)14-18-11-6-12-26-18/h2-4,9-10,16,18H,5-8,11-14H2,1H3,(H,22,23). The van der Waals surface area contributed by atoms with Gasteiger partial charge in [-0.3, -0.25) is 4.79 Å². The van der Waals surface area contributed by atoms with Crippen LogP contribution in [0.5, 0.6) is 0 Å². The highest BCUT2D eigenvalue weighted by atomic mass is 16.5. The number of amides is 1. The third-order valence-electron chi connectivity index (χ3n) is 5.57. The van der Waals surface area contributed by atoms with Crippen LogP contribution in [0.1, 0.15) is 48.3 Å². The fourth-order valence-electron chi connectivity index (χ4n) is 3.81. The summed E-state index contributed by atoms with van der Waals surface area (Å²) in [5, 5.41) is 0. The second kappa shape index (κ2) is 7.62. The van der Waals surface area contributed by atoms with Crippen molar-refractivity contribution in [2.75, 3.05) is 19.7 Å². The molecule has 1 atom stereocenters. The monoisotopic (exact) mass is 353 g/mol. The molecule has 2 fully saturated rings. The molecule has 26 heavy (non-hydrogen) atoms. The van der Waals surface area contributed by atoms with Crippen molar-refractivity contribution in [2.24, 2.45) is 5.92 Å². The van der Waals surface area contributed by atoms with E-state index in [0.717, 1.165) is 43.1 Å². The van der Waals surface area contributed by atoms with E-state index in [1.54, 1.807) is 0 Å². The topological polar surface area (TPSA) is 58.2 Å². The smallest absolute Gasteiger partial charge is 0.274 e. The van der Waals surface area contributed by atoms with Crippen LogP contribution in [0.25, 0.3) is 11.4 Å². The minimum Gasteiger partial charge on any atom is -0.376 e. The summed E-state index contributed by atoms with van der Waals surface area (Å²) in [6, 6.07) is 9.95. The number of hydrogen-bond acceptors (Lipinski definition) is 3. The van der Waals surface area contributed by atoms with Crippen LogP contribution in [-0.2, 0) is 4.74 Å². The summed E-state index contributed by atoms with van der Waals surface area (Å²) >= 11 is 0. The van der Waals surface area contributed by atoms with Crippen molar-refractivity contribution in [3.05, 3.63) is 41.7 Å². The number of rotatable bonds is 6. The molecule has 2 heterocycles. The molecule has 1 N–H and O–H groups in total. The van der Waals surface area contributed by atoms with Gasteiger partial charge in [0.2, 0.25) is 0 Å². The predicted molar refractivity (Wildman–Crippen MR) is 101 cm³/mol. The summed E-state index contributed by atoms with van der Waals surface area (Å²) in [4.78, 5) is 23.2. The molecule has 1 saturated heterocycles. The number of imidazole rings is 1. The zero-order valence-electron chi connectivity index (χ0n) is 15.4. The molecule has 1 amide bonds. The second-order valence-corrected chi connectivity index (χ2v) is 7.57. The van der Waals surface area contributed by atoms with Gasteiger partial charge in [0, 0.05) is 31.0 Å². The molecular weight excluding hydrogens is 326 g/mol. The van der Waals surface area contributed by atoms with Gasteiger partial charge in [0.05, 0.1) is 6.10 Å². The van der Waals surface area contributed by atoms with Crippen LogP contribution < -0.4 is 0 Å². The van der Waals surface area contributed by atoms with Crippen LogP contribution in [0.3, 0.4) is 0 Å². The first kappa shape index (κ1) is 17.3. The van der Waals surface area contributed by atoms with Crippen LogP contribution in [0.15, 0.2) is 30.3 Å². The van der Waals surface area contributed by atoms with Crippen LogP contribution >= 0.6 is 0 Å². The number of H-pyrrole nitrogens is 1. The summed E-state index contributed by atoms with van der Waals surface area (Å²) in [7, 11) is 0. The Bertz CT molecular complexity index is 746. The molecular formula is C21H27N3O2. The number of aryl methyl sites for hydroxylation is 1. The molecule has 1 aromatic heterocycles. The zero-order chi connectivity index (χ0) is 17.9. The molecule has 5 heteroatoms. The lowest BCUT2D eigenvalue weighted by atomic mass is 9.85. The fraction of sp³-hybridized carbons (Fsp3) is 0.524. The quantitative estimate of drug-likeness (QED) is 0.859. The average Bonchev–Trinajstić information content (AvgIpc) is 3.26. The van der Waals surface area contributed by atoms with Crippen LogP contribution in [0.4, 0.5) is 0 Å². The van der Waals surface area contributed by atoms with E-state index in [4.69, 9.17) is 4.74 Å². The lowest BCUT2D eigenvalue weighted by Crippen LogP contribution is -2.42.